The number of nitrogens with zero attached hydrogens (tertiary/aromatic N) is 6. The molecule has 7 heteroatoms. The van der Waals surface area contributed by atoms with Crippen LogP contribution in [0.2, 0.25) is 0 Å². The molecule has 4 rings (SSSR count). The molecule has 0 radical (unpaired) electrons. The highest BCUT2D eigenvalue weighted by atomic mass is 16.5. The lowest BCUT2D eigenvalue weighted by Gasteiger charge is -2.31. The van der Waals surface area contributed by atoms with Gasteiger partial charge in [-0.15, -0.1) is 10.2 Å². The van der Waals surface area contributed by atoms with Crippen LogP contribution in [-0.4, -0.2) is 49.4 Å². The molecular formula is C21H28N6O. The quantitative estimate of drug-likeness (QED) is 0.658. The van der Waals surface area contributed by atoms with Crippen molar-refractivity contribution in [1.29, 1.82) is 0 Å². The molecule has 148 valence electrons. The second-order valence-electron chi connectivity index (χ2n) is 7.53. The number of rotatable bonds is 6. The molecule has 3 aromatic rings. The first kappa shape index (κ1) is 18.7. The van der Waals surface area contributed by atoms with Crippen molar-refractivity contribution in [2.24, 2.45) is 7.05 Å². The van der Waals surface area contributed by atoms with E-state index in [4.69, 9.17) is 4.74 Å². The highest BCUT2D eigenvalue weighted by Gasteiger charge is 2.25. The maximum absolute atomic E-state index is 5.24. The molecule has 1 aliphatic heterocycles. The third-order valence-corrected chi connectivity index (χ3v) is 5.75. The summed E-state index contributed by atoms with van der Waals surface area (Å²) in [6.45, 7) is 5.88. The Labute approximate surface area is 166 Å². The zero-order chi connectivity index (χ0) is 19.5. The van der Waals surface area contributed by atoms with Gasteiger partial charge in [-0.3, -0.25) is 4.90 Å². The zero-order valence-electron chi connectivity index (χ0n) is 16.9. The van der Waals surface area contributed by atoms with Gasteiger partial charge in [0.15, 0.2) is 5.82 Å². The van der Waals surface area contributed by atoms with Crippen LogP contribution in [0.15, 0.2) is 36.7 Å². The van der Waals surface area contributed by atoms with Crippen LogP contribution < -0.4 is 4.74 Å². The number of ether oxygens (including phenoxy) is 1. The monoisotopic (exact) mass is 380 g/mol. The maximum atomic E-state index is 5.24. The molecule has 7 nitrogen and oxygen atoms in total. The molecule has 0 N–H and O–H groups in total. The van der Waals surface area contributed by atoms with Crippen molar-refractivity contribution < 1.29 is 4.74 Å². The van der Waals surface area contributed by atoms with Gasteiger partial charge in [0.25, 0.3) is 0 Å². The van der Waals surface area contributed by atoms with E-state index < -0.39 is 0 Å². The van der Waals surface area contributed by atoms with Gasteiger partial charge in [-0.05, 0) is 50.6 Å². The fourth-order valence-corrected chi connectivity index (χ4v) is 3.93. The van der Waals surface area contributed by atoms with Crippen molar-refractivity contribution in [2.45, 2.75) is 38.8 Å². The minimum Gasteiger partial charge on any atom is -0.497 e. The predicted molar refractivity (Wildman–Crippen MR) is 107 cm³/mol. The molecule has 1 aliphatic rings. The number of piperidine rings is 1. The van der Waals surface area contributed by atoms with Crippen LogP contribution in [0.25, 0.3) is 0 Å². The van der Waals surface area contributed by atoms with Gasteiger partial charge in [0, 0.05) is 31.9 Å². The summed E-state index contributed by atoms with van der Waals surface area (Å²) in [6, 6.07) is 8.37. The highest BCUT2D eigenvalue weighted by molar-refractivity contribution is 5.27. The smallest absolute Gasteiger partial charge is 0.152 e. The first-order chi connectivity index (χ1) is 13.6. The van der Waals surface area contributed by atoms with Gasteiger partial charge in [-0.2, -0.15) is 0 Å². The van der Waals surface area contributed by atoms with E-state index in [2.05, 4.69) is 48.4 Å². The topological polar surface area (TPSA) is 61.0 Å². The third-order valence-electron chi connectivity index (χ3n) is 5.75. The summed E-state index contributed by atoms with van der Waals surface area (Å²) >= 11 is 0. The first-order valence-electron chi connectivity index (χ1n) is 9.85. The molecule has 0 aliphatic carbocycles. The highest BCUT2D eigenvalue weighted by Crippen LogP contribution is 2.28. The lowest BCUT2D eigenvalue weighted by Crippen LogP contribution is -2.33. The molecule has 1 fully saturated rings. The molecule has 1 saturated heterocycles. The van der Waals surface area contributed by atoms with E-state index >= 15 is 0 Å². The van der Waals surface area contributed by atoms with Gasteiger partial charge < -0.3 is 13.9 Å². The molecule has 28 heavy (non-hydrogen) atoms. The predicted octanol–water partition coefficient (Wildman–Crippen LogP) is 2.76. The summed E-state index contributed by atoms with van der Waals surface area (Å²) in [5, 5.41) is 8.97. The van der Waals surface area contributed by atoms with E-state index in [0.717, 1.165) is 55.7 Å². The third kappa shape index (κ3) is 3.94. The van der Waals surface area contributed by atoms with Gasteiger partial charge in [0.2, 0.25) is 0 Å². The minimum atomic E-state index is 0.474. The fraction of sp³-hybridized carbons (Fsp3) is 0.476. The Balaban J connectivity index is 1.35. The van der Waals surface area contributed by atoms with Gasteiger partial charge in [0.05, 0.1) is 13.7 Å². The van der Waals surface area contributed by atoms with Crippen molar-refractivity contribution in [1.82, 2.24) is 29.2 Å². The van der Waals surface area contributed by atoms with Gasteiger partial charge in [0.1, 0.15) is 17.4 Å². The number of methoxy groups -OCH3 is 1. The summed E-state index contributed by atoms with van der Waals surface area (Å²) < 4.78 is 9.51. The molecule has 0 spiro atoms. The number of imidazole rings is 1. The van der Waals surface area contributed by atoms with E-state index in [9.17, 15) is 0 Å². The van der Waals surface area contributed by atoms with Crippen molar-refractivity contribution in [3.63, 3.8) is 0 Å². The molecule has 0 amide bonds. The summed E-state index contributed by atoms with van der Waals surface area (Å²) in [6.07, 6.45) is 6.05. The SMILES string of the molecule is COc1ccc(CN2CCC(c3nnc(Cn4ccnc4C)n3C)CC2)cc1. The number of aryl methyl sites for hydroxylation is 1. The Morgan fingerprint density at radius 2 is 1.82 bits per heavy atom. The maximum Gasteiger partial charge on any atom is 0.152 e. The van der Waals surface area contributed by atoms with Crippen LogP contribution in [-0.2, 0) is 20.1 Å². The molecule has 0 bridgehead atoms. The van der Waals surface area contributed by atoms with Crippen molar-refractivity contribution >= 4 is 0 Å². The van der Waals surface area contributed by atoms with Crippen LogP contribution >= 0.6 is 0 Å². The molecular weight excluding hydrogens is 352 g/mol. The minimum absolute atomic E-state index is 0.474. The largest absolute Gasteiger partial charge is 0.497 e. The van der Waals surface area contributed by atoms with E-state index in [-0.39, 0.29) is 0 Å². The van der Waals surface area contributed by atoms with Crippen LogP contribution in [0.4, 0.5) is 0 Å². The molecule has 0 unspecified atom stereocenters. The zero-order valence-corrected chi connectivity index (χ0v) is 16.9. The standard InChI is InChI=1S/C21H28N6O/c1-16-22-10-13-27(16)15-20-23-24-21(25(20)2)18-8-11-26(12-9-18)14-17-4-6-19(28-3)7-5-17/h4-7,10,13,18H,8-9,11-12,14-15H2,1-3H3. The lowest BCUT2D eigenvalue weighted by molar-refractivity contribution is 0.200. The lowest BCUT2D eigenvalue weighted by atomic mass is 9.95. The molecule has 3 heterocycles. The Hall–Kier alpha value is -2.67. The summed E-state index contributed by atoms with van der Waals surface area (Å²) in [7, 11) is 3.79. The number of benzene rings is 1. The second-order valence-corrected chi connectivity index (χ2v) is 7.53. The van der Waals surface area contributed by atoms with E-state index in [0.29, 0.717) is 12.5 Å². The molecule has 2 aromatic heterocycles. The number of likely N-dealkylation sites (tertiary alicyclic amines) is 1. The van der Waals surface area contributed by atoms with Crippen LogP contribution in [0, 0.1) is 6.92 Å². The molecule has 0 atom stereocenters. The normalized spacial score (nSPS) is 15.8. The van der Waals surface area contributed by atoms with Crippen LogP contribution in [0.5, 0.6) is 5.75 Å². The van der Waals surface area contributed by atoms with Gasteiger partial charge in [-0.25, -0.2) is 4.98 Å². The van der Waals surface area contributed by atoms with E-state index in [1.165, 1.54) is 5.56 Å². The Kier molecular flexibility index (Phi) is 5.43. The Morgan fingerprint density at radius 1 is 1.07 bits per heavy atom. The summed E-state index contributed by atoms with van der Waals surface area (Å²) in [4.78, 5) is 6.80. The average molecular weight is 380 g/mol. The Morgan fingerprint density at radius 3 is 2.46 bits per heavy atom. The number of aromatic nitrogens is 5. The van der Waals surface area contributed by atoms with Crippen LogP contribution in [0.3, 0.4) is 0 Å². The van der Waals surface area contributed by atoms with Crippen LogP contribution in [0.1, 0.15) is 41.8 Å². The Bertz CT molecular complexity index is 905. The number of hydrogen-bond acceptors (Lipinski definition) is 5. The van der Waals surface area contributed by atoms with Crippen molar-refractivity contribution in [2.75, 3.05) is 20.2 Å². The molecule has 1 aromatic carbocycles. The summed E-state index contributed by atoms with van der Waals surface area (Å²) in [5.74, 6) is 4.47. The van der Waals surface area contributed by atoms with Gasteiger partial charge in [-0.1, -0.05) is 12.1 Å². The van der Waals surface area contributed by atoms with Crippen molar-refractivity contribution in [3.05, 3.63) is 59.7 Å². The fourth-order valence-electron chi connectivity index (χ4n) is 3.93. The van der Waals surface area contributed by atoms with Crippen molar-refractivity contribution in [3.8, 4) is 5.75 Å². The second kappa shape index (κ2) is 8.14. The van der Waals surface area contributed by atoms with E-state index in [1.807, 2.05) is 31.5 Å². The number of hydrogen-bond donors (Lipinski definition) is 0. The van der Waals surface area contributed by atoms with E-state index in [1.54, 1.807) is 7.11 Å². The average Bonchev–Trinajstić information content (AvgIpc) is 3.29. The van der Waals surface area contributed by atoms with Gasteiger partial charge >= 0.3 is 0 Å². The first-order valence-corrected chi connectivity index (χ1v) is 9.85. The molecule has 0 saturated carbocycles. The summed E-state index contributed by atoms with van der Waals surface area (Å²) in [5.41, 5.74) is 1.33.